The van der Waals surface area contributed by atoms with E-state index in [4.69, 9.17) is 21.1 Å². The maximum atomic E-state index is 13.0. The normalized spacial score (nSPS) is 28.3. The zero-order chi connectivity index (χ0) is 25.9. The Kier molecular flexibility index (Phi) is 8.04. The Morgan fingerprint density at radius 2 is 1.49 bits per heavy atom. The van der Waals surface area contributed by atoms with Crippen LogP contribution in [-0.4, -0.2) is 34.7 Å². The molecular formula is C29H36NO5PS. The molecule has 0 heterocycles. The van der Waals surface area contributed by atoms with Gasteiger partial charge >= 0.3 is 12.1 Å². The van der Waals surface area contributed by atoms with Crippen LogP contribution in [0, 0.1) is 17.8 Å². The van der Waals surface area contributed by atoms with Gasteiger partial charge in [0.2, 0.25) is 0 Å². The highest BCUT2D eigenvalue weighted by Gasteiger charge is 2.54. The topological polar surface area (TPSA) is 84.9 Å². The second-order valence-corrected chi connectivity index (χ2v) is 15.8. The van der Waals surface area contributed by atoms with Crippen molar-refractivity contribution < 1.29 is 24.0 Å². The van der Waals surface area contributed by atoms with Gasteiger partial charge < -0.3 is 19.7 Å². The average molecular weight is 542 g/mol. The first-order chi connectivity index (χ1) is 17.8. The number of carboxylic acids is 1. The minimum absolute atomic E-state index is 0.0737. The lowest BCUT2D eigenvalue weighted by Gasteiger charge is -2.57. The van der Waals surface area contributed by atoms with Crippen LogP contribution in [-0.2, 0) is 38.9 Å². The van der Waals surface area contributed by atoms with Gasteiger partial charge in [-0.3, -0.25) is 4.79 Å². The monoisotopic (exact) mass is 541 g/mol. The van der Waals surface area contributed by atoms with Gasteiger partial charge in [0, 0.05) is 6.16 Å². The van der Waals surface area contributed by atoms with Crippen LogP contribution < -0.4 is 5.32 Å². The lowest BCUT2D eigenvalue weighted by atomic mass is 9.54. The Balaban J connectivity index is 1.39. The Bertz CT molecular complexity index is 1110. The second kappa shape index (κ2) is 11.3. The molecule has 6 rings (SSSR count). The molecule has 0 saturated heterocycles. The van der Waals surface area contributed by atoms with Crippen LogP contribution in [0.3, 0.4) is 0 Å². The number of carbonyl (C=O) groups excluding carboxylic acids is 1. The smallest absolute Gasteiger partial charge is 0.408 e. The lowest BCUT2D eigenvalue weighted by Crippen LogP contribution is -2.52. The molecule has 2 unspecified atom stereocenters. The first-order valence-electron chi connectivity index (χ1n) is 13.3. The number of nitrogens with one attached hydrogen (secondary N) is 1. The van der Waals surface area contributed by atoms with Gasteiger partial charge in [0.05, 0.1) is 24.1 Å². The van der Waals surface area contributed by atoms with Gasteiger partial charge in [-0.05, 0) is 73.8 Å². The first-order valence-corrected chi connectivity index (χ1v) is 16.3. The fourth-order valence-corrected chi connectivity index (χ4v) is 10.8. The van der Waals surface area contributed by atoms with Gasteiger partial charge in [0.25, 0.3) is 0 Å². The van der Waals surface area contributed by atoms with Crippen LogP contribution in [0.5, 0.6) is 0 Å². The van der Waals surface area contributed by atoms with Gasteiger partial charge in [-0.15, -0.1) is 0 Å². The van der Waals surface area contributed by atoms with Crippen LogP contribution in [0.2, 0.25) is 0 Å². The summed E-state index contributed by atoms with van der Waals surface area (Å²) in [6.45, 7) is 0.151. The molecule has 8 heteroatoms. The van der Waals surface area contributed by atoms with E-state index in [1.165, 1.54) is 19.3 Å². The van der Waals surface area contributed by atoms with Crippen molar-refractivity contribution in [1.29, 1.82) is 0 Å². The molecule has 2 aromatic rings. The first kappa shape index (κ1) is 26.4. The third-order valence-corrected chi connectivity index (χ3v) is 12.6. The fraction of sp³-hybridized carbons (Fsp3) is 0.517. The summed E-state index contributed by atoms with van der Waals surface area (Å²) in [7, 11) is 0. The molecule has 0 aromatic heterocycles. The van der Waals surface area contributed by atoms with Crippen molar-refractivity contribution in [2.75, 3.05) is 6.16 Å². The molecule has 198 valence electrons. The molecule has 37 heavy (non-hydrogen) atoms. The molecule has 4 fully saturated rings. The van der Waals surface area contributed by atoms with Crippen molar-refractivity contribution >= 4 is 30.1 Å². The quantitative estimate of drug-likeness (QED) is 0.323. The SMILES string of the molecule is O=C(O)CCP(=S)(OC12CC3CC(CC(C3)C1)C2)C(Cc1ccccc1)NC(=O)OCc1ccccc1. The van der Waals surface area contributed by atoms with Gasteiger partial charge in [-0.1, -0.05) is 72.5 Å². The molecule has 4 saturated carbocycles. The molecule has 6 nitrogen and oxygen atoms in total. The second-order valence-electron chi connectivity index (χ2n) is 11.2. The average Bonchev–Trinajstić information content (AvgIpc) is 2.86. The van der Waals surface area contributed by atoms with E-state index >= 15 is 0 Å². The Labute approximate surface area is 224 Å². The maximum Gasteiger partial charge on any atom is 0.408 e. The number of amides is 1. The lowest BCUT2D eigenvalue weighted by molar-refractivity contribution is -0.136. The van der Waals surface area contributed by atoms with E-state index in [-0.39, 0.29) is 24.8 Å². The van der Waals surface area contributed by atoms with Crippen LogP contribution in [0.4, 0.5) is 4.79 Å². The molecule has 0 aliphatic heterocycles. The Morgan fingerprint density at radius 3 is 2.03 bits per heavy atom. The molecule has 2 aromatic carbocycles. The van der Waals surface area contributed by atoms with E-state index in [9.17, 15) is 14.7 Å². The third-order valence-electron chi connectivity index (χ3n) is 8.21. The minimum Gasteiger partial charge on any atom is -0.481 e. The summed E-state index contributed by atoms with van der Waals surface area (Å²) in [6, 6.07) is 19.4. The maximum absolute atomic E-state index is 13.0. The molecule has 4 bridgehead atoms. The van der Waals surface area contributed by atoms with E-state index in [0.717, 1.165) is 30.4 Å². The largest absolute Gasteiger partial charge is 0.481 e. The van der Waals surface area contributed by atoms with E-state index in [1.54, 1.807) is 0 Å². The number of hydrogen-bond acceptors (Lipinski definition) is 5. The summed E-state index contributed by atoms with van der Waals surface area (Å²) >= 11 is 6.33. The van der Waals surface area contributed by atoms with Crippen LogP contribution in [0.1, 0.15) is 56.1 Å². The highest BCUT2D eigenvalue weighted by molar-refractivity contribution is 8.12. The highest BCUT2D eigenvalue weighted by Crippen LogP contribution is 2.64. The van der Waals surface area contributed by atoms with Crippen molar-refractivity contribution in [3.05, 3.63) is 71.8 Å². The molecule has 4 aliphatic rings. The molecule has 0 spiro atoms. The van der Waals surface area contributed by atoms with Crippen molar-refractivity contribution in [1.82, 2.24) is 5.32 Å². The summed E-state index contributed by atoms with van der Waals surface area (Å²) in [6.07, 6.45) is 4.12. The van der Waals surface area contributed by atoms with Gasteiger partial charge in [0.1, 0.15) is 6.61 Å². The van der Waals surface area contributed by atoms with Gasteiger partial charge in [-0.2, -0.15) is 0 Å². The third kappa shape index (κ3) is 6.63. The summed E-state index contributed by atoms with van der Waals surface area (Å²) < 4.78 is 12.6. The number of hydrogen-bond donors (Lipinski definition) is 2. The molecular weight excluding hydrogens is 505 g/mol. The summed E-state index contributed by atoms with van der Waals surface area (Å²) in [5.41, 5.74) is 1.63. The van der Waals surface area contributed by atoms with Crippen molar-refractivity contribution in [2.45, 2.75) is 69.4 Å². The number of carboxylic acid groups (broad SMARTS) is 1. The van der Waals surface area contributed by atoms with E-state index < -0.39 is 24.1 Å². The zero-order valence-corrected chi connectivity index (χ0v) is 22.8. The molecule has 0 radical (unpaired) electrons. The van der Waals surface area contributed by atoms with Crippen molar-refractivity contribution in [3.8, 4) is 0 Å². The Hall–Kier alpha value is -2.21. The number of carbonyl (C=O) groups is 2. The van der Waals surface area contributed by atoms with Crippen molar-refractivity contribution in [3.63, 3.8) is 0 Å². The number of ether oxygens (including phenoxy) is 1. The Morgan fingerprint density at radius 1 is 0.946 bits per heavy atom. The van der Waals surface area contributed by atoms with E-state index in [0.29, 0.717) is 24.2 Å². The molecule has 4 aliphatic carbocycles. The van der Waals surface area contributed by atoms with Gasteiger partial charge in [-0.25, -0.2) is 4.79 Å². The summed E-state index contributed by atoms with van der Waals surface area (Å²) in [5.74, 6) is 0.607. The van der Waals surface area contributed by atoms with Crippen LogP contribution >= 0.6 is 6.26 Å². The van der Waals surface area contributed by atoms with E-state index in [2.05, 4.69) is 5.32 Å². The molecule has 2 atom stereocenters. The molecule has 2 N–H and O–H groups in total. The summed E-state index contributed by atoms with van der Waals surface area (Å²) in [5, 5.41) is 12.6. The van der Waals surface area contributed by atoms with Crippen LogP contribution in [0.25, 0.3) is 0 Å². The van der Waals surface area contributed by atoms with Gasteiger partial charge in [0.15, 0.2) is 0 Å². The summed E-state index contributed by atoms with van der Waals surface area (Å²) in [4.78, 5) is 24.7. The fourth-order valence-electron chi connectivity index (χ4n) is 7.01. The minimum atomic E-state index is -2.81. The number of benzene rings is 2. The van der Waals surface area contributed by atoms with Crippen LogP contribution in [0.15, 0.2) is 60.7 Å². The number of alkyl carbamates (subject to hydrolysis) is 1. The standard InChI is InChI=1S/C29H36NO5PS/c31-27(32)11-12-36(37,35-29-17-23-13-24(18-29)15-25(14-23)19-29)26(16-21-7-3-1-4-8-21)30-28(33)34-20-22-9-5-2-6-10-22/h1-10,23-26H,11-20H2,(H,30,33)(H,31,32). The number of rotatable bonds is 11. The van der Waals surface area contributed by atoms with E-state index in [1.807, 2.05) is 60.7 Å². The van der Waals surface area contributed by atoms with Crippen molar-refractivity contribution in [2.24, 2.45) is 17.8 Å². The molecule has 1 amide bonds. The zero-order valence-electron chi connectivity index (χ0n) is 21.1. The number of aliphatic carboxylic acids is 1. The highest BCUT2D eigenvalue weighted by atomic mass is 32.4. The predicted molar refractivity (Wildman–Crippen MR) is 147 cm³/mol. The predicted octanol–water partition coefficient (Wildman–Crippen LogP) is 6.34.